The zero-order valence-corrected chi connectivity index (χ0v) is 14.1. The van der Waals surface area contributed by atoms with E-state index in [1.165, 1.54) is 0 Å². The van der Waals surface area contributed by atoms with Gasteiger partial charge in [0, 0.05) is 0 Å². The van der Waals surface area contributed by atoms with Gasteiger partial charge in [-0.25, -0.2) is 0 Å². The third kappa shape index (κ3) is 2.08. The molecule has 1 spiro atoms. The first kappa shape index (κ1) is 14.3. The van der Waals surface area contributed by atoms with Gasteiger partial charge >= 0.3 is 144 Å². The third-order valence-corrected chi connectivity index (χ3v) is 6.95. The molecule has 2 heterocycles. The summed E-state index contributed by atoms with van der Waals surface area (Å²) in [6.45, 7) is 0. The van der Waals surface area contributed by atoms with Crippen LogP contribution in [-0.2, 0) is 0 Å². The second-order valence-electron chi connectivity index (χ2n) is 5.91. The summed E-state index contributed by atoms with van der Waals surface area (Å²) < 4.78 is 18.9. The Balaban J connectivity index is 1.65. The molecule has 0 bridgehead atoms. The van der Waals surface area contributed by atoms with Crippen molar-refractivity contribution in [1.29, 1.82) is 0 Å². The van der Waals surface area contributed by atoms with Crippen LogP contribution < -0.4 is 29.5 Å². The molecule has 0 saturated carbocycles. The summed E-state index contributed by atoms with van der Waals surface area (Å²) in [5.41, 5.74) is 8.19. The van der Waals surface area contributed by atoms with Crippen molar-refractivity contribution in [2.75, 3.05) is 15.9 Å². The molecule has 3 aromatic carbocycles. The molecule has 3 aromatic rings. The van der Waals surface area contributed by atoms with E-state index >= 15 is 0 Å². The average molecular weight is 353 g/mol. The van der Waals surface area contributed by atoms with Gasteiger partial charge < -0.3 is 0 Å². The normalized spacial score (nSPS) is 19.1. The first-order valence-corrected chi connectivity index (χ1v) is 9.87. The van der Waals surface area contributed by atoms with Gasteiger partial charge in [0.25, 0.3) is 0 Å². The summed E-state index contributed by atoms with van der Waals surface area (Å²) in [5, 5.41) is 6.69. The number of nitrogens with two attached hydrogens (primary N) is 1. The van der Waals surface area contributed by atoms with E-state index < -0.39 is 7.59 Å². The predicted molar refractivity (Wildman–Crippen MR) is 99.8 cm³/mol. The summed E-state index contributed by atoms with van der Waals surface area (Å²) in [6.07, 6.45) is 0. The molecular formula is C18H16N3O3P. The van der Waals surface area contributed by atoms with Crippen LogP contribution in [-0.4, -0.2) is 0 Å². The van der Waals surface area contributed by atoms with E-state index in [1.807, 2.05) is 60.7 Å². The number of hydrogen-bond donors (Lipinski definition) is 3. The van der Waals surface area contributed by atoms with Crippen LogP contribution >= 0.6 is 7.59 Å². The first-order valence-electron chi connectivity index (χ1n) is 7.88. The molecule has 0 radical (unpaired) electrons. The molecule has 0 saturated heterocycles. The first-order chi connectivity index (χ1) is 12.1. The Labute approximate surface area is 144 Å². The van der Waals surface area contributed by atoms with Crippen molar-refractivity contribution >= 4 is 24.6 Å². The quantitative estimate of drug-likeness (QED) is 0.454. The van der Waals surface area contributed by atoms with Crippen molar-refractivity contribution in [1.82, 2.24) is 0 Å². The molecule has 126 valence electrons. The number of nitrogen functional groups attached to an aromatic ring is 1. The van der Waals surface area contributed by atoms with Gasteiger partial charge in [-0.05, 0) is 0 Å². The minimum atomic E-state index is -3.98. The minimum absolute atomic E-state index is 0.487. The molecule has 0 atom stereocenters. The second-order valence-corrected chi connectivity index (χ2v) is 8.67. The standard InChI is InChI=1S/C18H16N3O3P/c19-13-7-1-4-10-16(13)22-25(20-14-8-2-5-11-17(14)23-25)21-15-9-3-6-12-18(15)24-25/h1-12,20-21H,19H2. The van der Waals surface area contributed by atoms with Gasteiger partial charge in [-0.1, -0.05) is 0 Å². The van der Waals surface area contributed by atoms with Gasteiger partial charge in [-0.15, -0.1) is 0 Å². The Bertz CT molecular complexity index is 882. The predicted octanol–water partition coefficient (Wildman–Crippen LogP) is 4.78. The van der Waals surface area contributed by atoms with Crippen LogP contribution in [0.1, 0.15) is 0 Å². The number of nitrogens with one attached hydrogen (secondary N) is 2. The molecule has 0 unspecified atom stereocenters. The maximum absolute atomic E-state index is 6.35. The number of para-hydroxylation sites is 6. The van der Waals surface area contributed by atoms with Gasteiger partial charge in [0.1, 0.15) is 0 Å². The molecular weight excluding hydrogens is 337 g/mol. The number of fused-ring (bicyclic) bond motifs is 2. The molecule has 25 heavy (non-hydrogen) atoms. The van der Waals surface area contributed by atoms with Crippen LogP contribution in [0, 0.1) is 0 Å². The van der Waals surface area contributed by atoms with Crippen LogP contribution in [0.4, 0.5) is 17.1 Å². The van der Waals surface area contributed by atoms with Gasteiger partial charge in [0.15, 0.2) is 0 Å². The van der Waals surface area contributed by atoms with Crippen molar-refractivity contribution < 1.29 is 13.6 Å². The van der Waals surface area contributed by atoms with Crippen molar-refractivity contribution in [2.45, 2.75) is 0 Å². The van der Waals surface area contributed by atoms with E-state index in [-0.39, 0.29) is 0 Å². The van der Waals surface area contributed by atoms with Crippen LogP contribution in [0.3, 0.4) is 0 Å². The molecule has 0 aliphatic carbocycles. The average Bonchev–Trinajstić information content (AvgIpc) is 3.10. The molecule has 6 nitrogen and oxygen atoms in total. The Hall–Kier alpha value is -3.11. The number of rotatable bonds is 2. The number of benzene rings is 3. The molecule has 0 aromatic heterocycles. The van der Waals surface area contributed by atoms with Crippen LogP contribution in [0.2, 0.25) is 0 Å². The molecule has 5 rings (SSSR count). The van der Waals surface area contributed by atoms with E-state index in [1.54, 1.807) is 12.1 Å². The van der Waals surface area contributed by atoms with E-state index in [0.29, 0.717) is 22.9 Å². The van der Waals surface area contributed by atoms with E-state index in [2.05, 4.69) is 10.2 Å². The third-order valence-electron chi connectivity index (χ3n) is 4.11. The number of hydrogen-bond acceptors (Lipinski definition) is 6. The zero-order valence-electron chi connectivity index (χ0n) is 13.2. The molecule has 0 amide bonds. The summed E-state index contributed by atoms with van der Waals surface area (Å²) in [7, 11) is -3.98. The Morgan fingerprint density at radius 1 is 0.720 bits per heavy atom. The Morgan fingerprint density at radius 3 is 1.80 bits per heavy atom. The van der Waals surface area contributed by atoms with E-state index in [0.717, 1.165) is 11.4 Å². The SMILES string of the molecule is Nc1ccccc1OP12(Nc3ccccc3O1)Nc1ccccc1O2. The molecule has 7 heteroatoms. The summed E-state index contributed by atoms with van der Waals surface area (Å²) in [5.74, 6) is 1.81. The second kappa shape index (κ2) is 4.71. The summed E-state index contributed by atoms with van der Waals surface area (Å²) in [6, 6.07) is 22.5. The van der Waals surface area contributed by atoms with Gasteiger partial charge in [-0.3, -0.25) is 0 Å². The fourth-order valence-corrected chi connectivity index (χ4v) is 6.21. The van der Waals surface area contributed by atoms with E-state index in [9.17, 15) is 0 Å². The Morgan fingerprint density at radius 2 is 1.24 bits per heavy atom. The summed E-state index contributed by atoms with van der Waals surface area (Å²) >= 11 is 0. The molecule has 2 aliphatic heterocycles. The fourth-order valence-electron chi connectivity index (χ4n) is 3.01. The van der Waals surface area contributed by atoms with Gasteiger partial charge in [0.05, 0.1) is 0 Å². The molecule has 4 N–H and O–H groups in total. The summed E-state index contributed by atoms with van der Waals surface area (Å²) in [4.78, 5) is 0. The molecule has 0 fully saturated rings. The van der Waals surface area contributed by atoms with Gasteiger partial charge in [-0.2, -0.15) is 0 Å². The van der Waals surface area contributed by atoms with Crippen molar-refractivity contribution in [3.63, 3.8) is 0 Å². The fraction of sp³-hybridized carbons (Fsp3) is 0. The maximum atomic E-state index is 6.35. The topological polar surface area (TPSA) is 77.8 Å². The zero-order chi connectivity index (χ0) is 16.9. The van der Waals surface area contributed by atoms with E-state index in [4.69, 9.17) is 19.3 Å². The van der Waals surface area contributed by atoms with Crippen molar-refractivity contribution in [2.24, 2.45) is 0 Å². The monoisotopic (exact) mass is 353 g/mol. The van der Waals surface area contributed by atoms with Crippen molar-refractivity contribution in [3.8, 4) is 17.2 Å². The number of anilines is 3. The van der Waals surface area contributed by atoms with Crippen molar-refractivity contribution in [3.05, 3.63) is 72.8 Å². The molecule has 2 aliphatic rings. The van der Waals surface area contributed by atoms with Gasteiger partial charge in [0.2, 0.25) is 0 Å². The Kier molecular flexibility index (Phi) is 2.68. The van der Waals surface area contributed by atoms with Crippen LogP contribution in [0.5, 0.6) is 17.2 Å². The van der Waals surface area contributed by atoms with Crippen LogP contribution in [0.25, 0.3) is 0 Å². The van der Waals surface area contributed by atoms with Crippen LogP contribution in [0.15, 0.2) is 72.8 Å².